The summed E-state index contributed by atoms with van der Waals surface area (Å²) in [6, 6.07) is 4.26. The second kappa shape index (κ2) is 3.09. The van der Waals surface area contributed by atoms with Crippen molar-refractivity contribution in [2.45, 2.75) is 33.1 Å². The molecule has 2 rings (SSSR count). The Labute approximate surface area is 90.9 Å². The second-order valence-electron chi connectivity index (χ2n) is 5.23. The number of aryl methyl sites for hydroxylation is 2. The van der Waals surface area contributed by atoms with Crippen LogP contribution in [0.3, 0.4) is 0 Å². The molecule has 0 saturated heterocycles. The molecule has 0 aliphatic carbocycles. The van der Waals surface area contributed by atoms with Gasteiger partial charge in [-0.1, -0.05) is 20.8 Å². The number of hydrogen-bond acceptors (Lipinski definition) is 1. The standard InChI is InChI=1S/C13H18N2/c1-9-6-7-10-11(13(2,3)4)8-15(5)12(10)14-9/h6-8H,1-5H3. The summed E-state index contributed by atoms with van der Waals surface area (Å²) in [5.41, 5.74) is 3.70. The van der Waals surface area contributed by atoms with E-state index in [9.17, 15) is 0 Å². The van der Waals surface area contributed by atoms with E-state index < -0.39 is 0 Å². The second-order valence-corrected chi connectivity index (χ2v) is 5.23. The van der Waals surface area contributed by atoms with Gasteiger partial charge in [0.25, 0.3) is 0 Å². The van der Waals surface area contributed by atoms with Crippen molar-refractivity contribution in [3.63, 3.8) is 0 Å². The van der Waals surface area contributed by atoms with Gasteiger partial charge in [0.1, 0.15) is 5.65 Å². The van der Waals surface area contributed by atoms with Gasteiger partial charge in [-0.3, -0.25) is 0 Å². The number of rotatable bonds is 0. The van der Waals surface area contributed by atoms with Crippen molar-refractivity contribution in [3.8, 4) is 0 Å². The smallest absolute Gasteiger partial charge is 0.140 e. The van der Waals surface area contributed by atoms with Crippen molar-refractivity contribution < 1.29 is 0 Å². The lowest BCUT2D eigenvalue weighted by Crippen LogP contribution is -2.10. The van der Waals surface area contributed by atoms with Crippen molar-refractivity contribution >= 4 is 11.0 Å². The maximum atomic E-state index is 4.57. The topological polar surface area (TPSA) is 17.8 Å². The average Bonchev–Trinajstić information content (AvgIpc) is 2.43. The van der Waals surface area contributed by atoms with Gasteiger partial charge in [0, 0.05) is 24.3 Å². The first kappa shape index (κ1) is 10.2. The zero-order chi connectivity index (χ0) is 11.2. The summed E-state index contributed by atoms with van der Waals surface area (Å²) >= 11 is 0. The molecule has 2 heterocycles. The number of pyridine rings is 1. The van der Waals surface area contributed by atoms with Crippen LogP contribution in [0.25, 0.3) is 11.0 Å². The SMILES string of the molecule is Cc1ccc2c(C(C)(C)C)cn(C)c2n1. The summed E-state index contributed by atoms with van der Waals surface area (Å²) < 4.78 is 2.11. The van der Waals surface area contributed by atoms with Gasteiger partial charge in [-0.05, 0) is 30.0 Å². The first-order valence-electron chi connectivity index (χ1n) is 5.33. The van der Waals surface area contributed by atoms with E-state index in [1.807, 2.05) is 6.92 Å². The van der Waals surface area contributed by atoms with E-state index in [-0.39, 0.29) is 5.41 Å². The van der Waals surface area contributed by atoms with Crippen LogP contribution in [0.4, 0.5) is 0 Å². The minimum atomic E-state index is 0.177. The molecule has 0 fully saturated rings. The van der Waals surface area contributed by atoms with Gasteiger partial charge in [0.2, 0.25) is 0 Å². The van der Waals surface area contributed by atoms with Gasteiger partial charge in [-0.2, -0.15) is 0 Å². The molecule has 0 radical (unpaired) electrons. The Morgan fingerprint density at radius 1 is 1.20 bits per heavy atom. The fraction of sp³-hybridized carbons (Fsp3) is 0.462. The van der Waals surface area contributed by atoms with Crippen molar-refractivity contribution in [2.75, 3.05) is 0 Å². The van der Waals surface area contributed by atoms with Crippen LogP contribution in [0.1, 0.15) is 32.0 Å². The molecule has 2 heteroatoms. The van der Waals surface area contributed by atoms with Crippen LogP contribution in [0.2, 0.25) is 0 Å². The summed E-state index contributed by atoms with van der Waals surface area (Å²) in [5.74, 6) is 0. The lowest BCUT2D eigenvalue weighted by atomic mass is 9.87. The molecule has 80 valence electrons. The predicted octanol–water partition coefficient (Wildman–Crippen LogP) is 3.18. The first-order chi connectivity index (χ1) is 6.89. The van der Waals surface area contributed by atoms with Crippen molar-refractivity contribution in [2.24, 2.45) is 7.05 Å². The molecule has 0 aromatic carbocycles. The van der Waals surface area contributed by atoms with Crippen molar-refractivity contribution in [3.05, 3.63) is 29.6 Å². The highest BCUT2D eigenvalue weighted by Gasteiger charge is 2.19. The molecule has 0 bridgehead atoms. The van der Waals surface area contributed by atoms with Crippen LogP contribution < -0.4 is 0 Å². The molecule has 15 heavy (non-hydrogen) atoms. The Hall–Kier alpha value is -1.31. The number of fused-ring (bicyclic) bond motifs is 1. The Bertz CT molecular complexity index is 501. The van der Waals surface area contributed by atoms with E-state index in [4.69, 9.17) is 0 Å². The molecule has 2 aromatic rings. The minimum absolute atomic E-state index is 0.177. The van der Waals surface area contributed by atoms with Gasteiger partial charge in [-0.15, -0.1) is 0 Å². The Morgan fingerprint density at radius 3 is 2.47 bits per heavy atom. The van der Waals surface area contributed by atoms with Crippen LogP contribution in [-0.4, -0.2) is 9.55 Å². The zero-order valence-electron chi connectivity index (χ0n) is 10.1. The lowest BCUT2D eigenvalue weighted by Gasteiger charge is -2.17. The molecule has 0 atom stereocenters. The summed E-state index contributed by atoms with van der Waals surface area (Å²) in [5, 5.41) is 1.27. The van der Waals surface area contributed by atoms with Crippen molar-refractivity contribution in [1.82, 2.24) is 9.55 Å². The first-order valence-corrected chi connectivity index (χ1v) is 5.33. The van der Waals surface area contributed by atoms with Crippen LogP contribution in [0.5, 0.6) is 0 Å². The van der Waals surface area contributed by atoms with Crippen molar-refractivity contribution in [1.29, 1.82) is 0 Å². The third-order valence-corrected chi connectivity index (χ3v) is 2.77. The van der Waals surface area contributed by atoms with Gasteiger partial charge >= 0.3 is 0 Å². The molecule has 0 aliphatic heterocycles. The molecular formula is C13H18N2. The highest BCUT2D eigenvalue weighted by atomic mass is 15.0. The molecule has 0 aliphatic rings. The molecule has 0 saturated carbocycles. The zero-order valence-corrected chi connectivity index (χ0v) is 10.1. The molecule has 0 N–H and O–H groups in total. The summed E-state index contributed by atoms with van der Waals surface area (Å²) in [6.07, 6.45) is 2.19. The number of hydrogen-bond donors (Lipinski definition) is 0. The third kappa shape index (κ3) is 1.65. The fourth-order valence-electron chi connectivity index (χ4n) is 1.94. The van der Waals surface area contributed by atoms with E-state index >= 15 is 0 Å². The van der Waals surface area contributed by atoms with E-state index in [2.05, 4.69) is 55.7 Å². The molecule has 0 unspecified atom stereocenters. The third-order valence-electron chi connectivity index (χ3n) is 2.77. The number of nitrogens with zero attached hydrogens (tertiary/aromatic N) is 2. The van der Waals surface area contributed by atoms with E-state index in [1.165, 1.54) is 10.9 Å². The monoisotopic (exact) mass is 202 g/mol. The van der Waals surface area contributed by atoms with Gasteiger partial charge in [0.05, 0.1) is 0 Å². The van der Waals surface area contributed by atoms with E-state index in [0.717, 1.165) is 11.3 Å². The van der Waals surface area contributed by atoms with Crippen LogP contribution in [-0.2, 0) is 12.5 Å². The predicted molar refractivity (Wildman–Crippen MR) is 64.2 cm³/mol. The molecule has 0 amide bonds. The van der Waals surface area contributed by atoms with Crippen LogP contribution >= 0.6 is 0 Å². The quantitative estimate of drug-likeness (QED) is 0.641. The highest BCUT2D eigenvalue weighted by Crippen LogP contribution is 2.30. The fourth-order valence-corrected chi connectivity index (χ4v) is 1.94. The maximum Gasteiger partial charge on any atom is 0.140 e. The minimum Gasteiger partial charge on any atom is -0.335 e. The van der Waals surface area contributed by atoms with E-state index in [1.54, 1.807) is 0 Å². The summed E-state index contributed by atoms with van der Waals surface area (Å²) in [6.45, 7) is 8.74. The average molecular weight is 202 g/mol. The lowest BCUT2D eigenvalue weighted by molar-refractivity contribution is 0.593. The Kier molecular flexibility index (Phi) is 2.10. The molecule has 2 nitrogen and oxygen atoms in total. The van der Waals surface area contributed by atoms with Gasteiger partial charge < -0.3 is 4.57 Å². The number of aromatic nitrogens is 2. The Morgan fingerprint density at radius 2 is 1.87 bits per heavy atom. The largest absolute Gasteiger partial charge is 0.335 e. The van der Waals surface area contributed by atoms with E-state index in [0.29, 0.717) is 0 Å². The maximum absolute atomic E-state index is 4.57. The highest BCUT2D eigenvalue weighted by molar-refractivity contribution is 5.81. The normalized spacial score (nSPS) is 12.3. The molecule has 0 spiro atoms. The summed E-state index contributed by atoms with van der Waals surface area (Å²) in [4.78, 5) is 4.57. The Balaban J connectivity index is 2.79. The van der Waals surface area contributed by atoms with Crippen LogP contribution in [0, 0.1) is 6.92 Å². The molecular weight excluding hydrogens is 184 g/mol. The van der Waals surface area contributed by atoms with Gasteiger partial charge in [-0.25, -0.2) is 4.98 Å². The summed E-state index contributed by atoms with van der Waals surface area (Å²) in [7, 11) is 2.06. The van der Waals surface area contributed by atoms with Crippen LogP contribution in [0.15, 0.2) is 18.3 Å². The van der Waals surface area contributed by atoms with Gasteiger partial charge in [0.15, 0.2) is 0 Å². The molecule has 2 aromatic heterocycles.